The molecule has 1 aliphatic rings. The lowest BCUT2D eigenvalue weighted by molar-refractivity contribution is 0.230. The maximum atomic E-state index is 9.27. The van der Waals surface area contributed by atoms with Gasteiger partial charge in [0, 0.05) is 19.7 Å². The Bertz CT molecular complexity index is 319. The van der Waals surface area contributed by atoms with Gasteiger partial charge >= 0.3 is 0 Å². The number of aliphatic hydroxyl groups is 1. The zero-order valence-electron chi connectivity index (χ0n) is 17.6. The first-order chi connectivity index (χ1) is 12.9. The monoisotopic (exact) mass is 366 g/mol. The Hall–Kier alpha value is -0.570. The van der Waals surface area contributed by atoms with E-state index in [0.29, 0.717) is 12.5 Å². The van der Waals surface area contributed by atoms with E-state index < -0.39 is 0 Å². The maximum Gasteiger partial charge on any atom is 0.0851 e. The topological polar surface area (TPSA) is 35.8 Å². The second-order valence-corrected chi connectivity index (χ2v) is 8.28. The third-order valence-electron chi connectivity index (χ3n) is 5.76. The van der Waals surface area contributed by atoms with Gasteiger partial charge < -0.3 is 10.0 Å². The van der Waals surface area contributed by atoms with Gasteiger partial charge in [-0.15, -0.1) is 0 Å². The summed E-state index contributed by atoms with van der Waals surface area (Å²) in [5, 5.41) is 9.27. The molecule has 3 heteroatoms. The molecule has 26 heavy (non-hydrogen) atoms. The number of hydrogen-bond donors (Lipinski definition) is 1. The van der Waals surface area contributed by atoms with Crippen LogP contribution in [-0.2, 0) is 0 Å². The zero-order valence-corrected chi connectivity index (χ0v) is 17.6. The first-order valence-electron chi connectivity index (χ1n) is 11.7. The number of aliphatic imine (C=N–C) groups is 1. The molecule has 1 N–H and O–H groups in total. The van der Waals surface area contributed by atoms with Crippen LogP contribution in [0.25, 0.3) is 0 Å². The number of nitrogens with zero attached hydrogens (tertiary/aromatic N) is 2. The van der Waals surface area contributed by atoms with Crippen molar-refractivity contribution in [2.75, 3.05) is 26.2 Å². The third-order valence-corrected chi connectivity index (χ3v) is 5.76. The van der Waals surface area contributed by atoms with E-state index in [2.05, 4.69) is 16.8 Å². The summed E-state index contributed by atoms with van der Waals surface area (Å²) in [4.78, 5) is 6.61. The van der Waals surface area contributed by atoms with Crippen LogP contribution >= 0.6 is 0 Å². The highest BCUT2D eigenvalue weighted by atomic mass is 16.3. The van der Waals surface area contributed by atoms with E-state index >= 15 is 0 Å². The summed E-state index contributed by atoms with van der Waals surface area (Å²) in [5.41, 5.74) is 0. The summed E-state index contributed by atoms with van der Waals surface area (Å²) in [5.74, 6) is 0.641. The van der Waals surface area contributed by atoms with E-state index in [0.717, 1.165) is 26.1 Å². The van der Waals surface area contributed by atoms with E-state index in [1.165, 1.54) is 96.3 Å². The first-order valence-corrected chi connectivity index (χ1v) is 11.7. The highest BCUT2D eigenvalue weighted by Gasteiger charge is 2.13. The van der Waals surface area contributed by atoms with Gasteiger partial charge in [-0.25, -0.2) is 0 Å². The minimum atomic E-state index is 0.328. The molecular formula is C23H46N2O. The number of rotatable bonds is 19. The molecule has 1 unspecified atom stereocenters. The molecule has 0 aliphatic carbocycles. The zero-order chi connectivity index (χ0) is 18.7. The van der Waals surface area contributed by atoms with Crippen LogP contribution in [0.15, 0.2) is 4.99 Å². The Morgan fingerprint density at radius 1 is 0.808 bits per heavy atom. The molecule has 0 amide bonds. The molecule has 0 radical (unpaired) electrons. The lowest BCUT2D eigenvalue weighted by atomic mass is 9.96. The normalized spacial score (nSPS) is 15.1. The molecule has 1 atom stereocenters. The van der Waals surface area contributed by atoms with Crippen molar-refractivity contribution in [2.45, 2.75) is 110 Å². The molecule has 1 heterocycles. The number of aliphatic hydroxyl groups excluding tert-OH is 1. The standard InChI is InChI=1S/C23H46N2O/c1-2-3-4-5-6-7-8-9-10-11-12-13-14-15-16-23(17-20-26)21-25-19-18-24-22-25/h22-23,26H,2-21H2,1H3. The van der Waals surface area contributed by atoms with Crippen molar-refractivity contribution in [3.8, 4) is 0 Å². The van der Waals surface area contributed by atoms with Gasteiger partial charge in [-0.05, 0) is 18.8 Å². The van der Waals surface area contributed by atoms with Crippen LogP contribution < -0.4 is 0 Å². The average molecular weight is 367 g/mol. The molecular weight excluding hydrogens is 320 g/mol. The fraction of sp³-hybridized carbons (Fsp3) is 0.957. The van der Waals surface area contributed by atoms with E-state index in [4.69, 9.17) is 0 Å². The fourth-order valence-electron chi connectivity index (χ4n) is 4.02. The average Bonchev–Trinajstić information content (AvgIpc) is 3.15. The Morgan fingerprint density at radius 2 is 1.35 bits per heavy atom. The molecule has 0 fully saturated rings. The fourth-order valence-corrected chi connectivity index (χ4v) is 4.02. The summed E-state index contributed by atoms with van der Waals surface area (Å²) in [6, 6.07) is 0. The van der Waals surface area contributed by atoms with Crippen LogP contribution in [0.5, 0.6) is 0 Å². The van der Waals surface area contributed by atoms with Crippen molar-refractivity contribution in [3.63, 3.8) is 0 Å². The number of unbranched alkanes of at least 4 members (excludes halogenated alkanes) is 13. The van der Waals surface area contributed by atoms with Gasteiger partial charge in [-0.2, -0.15) is 0 Å². The summed E-state index contributed by atoms with van der Waals surface area (Å²) in [6.45, 7) is 5.72. The SMILES string of the molecule is CCCCCCCCCCCCCCCCC(CCO)CN1C=NCC1. The van der Waals surface area contributed by atoms with Gasteiger partial charge in [0.15, 0.2) is 0 Å². The Balaban J connectivity index is 1.83. The van der Waals surface area contributed by atoms with Gasteiger partial charge in [-0.1, -0.05) is 96.8 Å². The predicted octanol–water partition coefficient (Wildman–Crippen LogP) is 6.20. The van der Waals surface area contributed by atoms with Gasteiger partial charge in [-0.3, -0.25) is 4.99 Å². The molecule has 1 aliphatic heterocycles. The van der Waals surface area contributed by atoms with Gasteiger partial charge in [0.25, 0.3) is 0 Å². The Kier molecular flexibility index (Phi) is 16.1. The van der Waals surface area contributed by atoms with Crippen LogP contribution in [0.2, 0.25) is 0 Å². The second-order valence-electron chi connectivity index (χ2n) is 8.28. The largest absolute Gasteiger partial charge is 0.396 e. The molecule has 3 nitrogen and oxygen atoms in total. The molecule has 0 aromatic heterocycles. The van der Waals surface area contributed by atoms with Crippen molar-refractivity contribution < 1.29 is 5.11 Å². The van der Waals surface area contributed by atoms with Gasteiger partial charge in [0.05, 0.1) is 12.9 Å². The molecule has 0 aromatic rings. The van der Waals surface area contributed by atoms with Crippen molar-refractivity contribution >= 4 is 6.34 Å². The smallest absolute Gasteiger partial charge is 0.0851 e. The van der Waals surface area contributed by atoms with E-state index in [-0.39, 0.29) is 0 Å². The van der Waals surface area contributed by atoms with Crippen molar-refractivity contribution in [1.29, 1.82) is 0 Å². The van der Waals surface area contributed by atoms with Crippen molar-refractivity contribution in [1.82, 2.24) is 4.90 Å². The van der Waals surface area contributed by atoms with Crippen LogP contribution in [0.3, 0.4) is 0 Å². The minimum Gasteiger partial charge on any atom is -0.396 e. The van der Waals surface area contributed by atoms with Crippen LogP contribution in [-0.4, -0.2) is 42.6 Å². The summed E-state index contributed by atoms with van der Waals surface area (Å²) in [6.07, 6.45) is 24.1. The highest BCUT2D eigenvalue weighted by molar-refractivity contribution is 5.56. The van der Waals surface area contributed by atoms with Gasteiger partial charge in [0.2, 0.25) is 0 Å². The van der Waals surface area contributed by atoms with Crippen molar-refractivity contribution in [3.05, 3.63) is 0 Å². The van der Waals surface area contributed by atoms with Crippen LogP contribution in [0, 0.1) is 5.92 Å². The summed E-state index contributed by atoms with van der Waals surface area (Å²) < 4.78 is 0. The molecule has 0 saturated carbocycles. The van der Waals surface area contributed by atoms with Gasteiger partial charge in [0.1, 0.15) is 0 Å². The molecule has 0 aromatic carbocycles. The Labute approximate surface area is 163 Å². The van der Waals surface area contributed by atoms with E-state index in [9.17, 15) is 5.11 Å². The molecule has 0 spiro atoms. The molecule has 0 saturated heterocycles. The predicted molar refractivity (Wildman–Crippen MR) is 115 cm³/mol. The van der Waals surface area contributed by atoms with Crippen LogP contribution in [0.1, 0.15) is 110 Å². The minimum absolute atomic E-state index is 0.328. The third kappa shape index (κ3) is 13.6. The van der Waals surface area contributed by atoms with E-state index in [1.54, 1.807) is 0 Å². The lowest BCUT2D eigenvalue weighted by Crippen LogP contribution is -2.27. The summed E-state index contributed by atoms with van der Waals surface area (Å²) >= 11 is 0. The second kappa shape index (κ2) is 17.8. The lowest BCUT2D eigenvalue weighted by Gasteiger charge is -2.22. The van der Waals surface area contributed by atoms with Crippen molar-refractivity contribution in [2.24, 2.45) is 10.9 Å². The number of hydrogen-bond acceptors (Lipinski definition) is 3. The maximum absolute atomic E-state index is 9.27. The molecule has 154 valence electrons. The first kappa shape index (κ1) is 23.5. The quantitative estimate of drug-likeness (QED) is 0.276. The molecule has 1 rings (SSSR count). The Morgan fingerprint density at radius 3 is 1.81 bits per heavy atom. The van der Waals surface area contributed by atoms with Crippen LogP contribution in [0.4, 0.5) is 0 Å². The summed E-state index contributed by atoms with van der Waals surface area (Å²) in [7, 11) is 0. The van der Waals surface area contributed by atoms with E-state index in [1.807, 2.05) is 6.34 Å². The molecule has 0 bridgehead atoms. The highest BCUT2D eigenvalue weighted by Crippen LogP contribution is 2.18.